The lowest BCUT2D eigenvalue weighted by molar-refractivity contribution is 0.0824. The van der Waals surface area contributed by atoms with Gasteiger partial charge in [-0.3, -0.25) is 0 Å². The normalized spacial score (nSPS) is 27.6. The fourth-order valence-corrected chi connectivity index (χ4v) is 3.44. The quantitative estimate of drug-likeness (QED) is 0.594. The molecule has 0 aliphatic heterocycles. The number of nitrogens with one attached hydrogen (secondary N) is 1. The number of ether oxygens (including phenoxy) is 1. The van der Waals surface area contributed by atoms with Crippen LogP contribution in [0.3, 0.4) is 0 Å². The summed E-state index contributed by atoms with van der Waals surface area (Å²) < 4.78 is 5.34. The van der Waals surface area contributed by atoms with Crippen molar-refractivity contribution in [1.29, 1.82) is 0 Å². The molecule has 0 saturated heterocycles. The Morgan fingerprint density at radius 3 is 2.47 bits per heavy atom. The van der Waals surface area contributed by atoms with Gasteiger partial charge in [0.15, 0.2) is 0 Å². The smallest absolute Gasteiger partial charge is 0.0468 e. The minimum absolute atomic E-state index is 0.522. The third-order valence-electron chi connectivity index (χ3n) is 4.90. The summed E-state index contributed by atoms with van der Waals surface area (Å²) in [6.45, 7) is 7.84. The van der Waals surface area contributed by atoms with Crippen LogP contribution < -0.4 is 5.32 Å². The van der Waals surface area contributed by atoms with Crippen molar-refractivity contribution in [2.24, 2.45) is 11.3 Å². The highest BCUT2D eigenvalue weighted by Gasteiger charge is 2.34. The highest BCUT2D eigenvalue weighted by Crippen LogP contribution is 2.42. The van der Waals surface area contributed by atoms with E-state index in [-0.39, 0.29) is 0 Å². The molecule has 2 heteroatoms. The van der Waals surface area contributed by atoms with E-state index in [2.05, 4.69) is 19.2 Å². The van der Waals surface area contributed by atoms with Crippen LogP contribution in [-0.2, 0) is 4.74 Å². The molecule has 1 rings (SSSR count). The Hall–Kier alpha value is -0.0800. The summed E-state index contributed by atoms with van der Waals surface area (Å²) in [5, 5.41) is 3.66. The second kappa shape index (κ2) is 9.77. The topological polar surface area (TPSA) is 21.3 Å². The predicted octanol–water partition coefficient (Wildman–Crippen LogP) is 4.39. The summed E-state index contributed by atoms with van der Waals surface area (Å²) in [6.07, 6.45) is 12.4. The fourth-order valence-electron chi connectivity index (χ4n) is 3.44. The van der Waals surface area contributed by atoms with Crippen LogP contribution in [0, 0.1) is 11.3 Å². The van der Waals surface area contributed by atoms with Crippen molar-refractivity contribution < 1.29 is 4.74 Å². The van der Waals surface area contributed by atoms with Gasteiger partial charge >= 0.3 is 0 Å². The molecule has 0 heterocycles. The van der Waals surface area contributed by atoms with Gasteiger partial charge in [0.05, 0.1) is 0 Å². The summed E-state index contributed by atoms with van der Waals surface area (Å²) in [5.74, 6) is 1.00. The van der Waals surface area contributed by atoms with Crippen LogP contribution in [0.1, 0.15) is 71.6 Å². The van der Waals surface area contributed by atoms with Gasteiger partial charge < -0.3 is 10.1 Å². The van der Waals surface area contributed by atoms with Crippen LogP contribution in [0.5, 0.6) is 0 Å². The minimum Gasteiger partial charge on any atom is -0.385 e. The monoisotopic (exact) mass is 269 g/mol. The zero-order chi connectivity index (χ0) is 14.0. The van der Waals surface area contributed by atoms with Gasteiger partial charge in [-0.15, -0.1) is 0 Å². The molecule has 114 valence electrons. The molecule has 1 aliphatic rings. The molecule has 0 amide bonds. The lowest BCUT2D eigenvalue weighted by Crippen LogP contribution is -2.39. The molecule has 19 heavy (non-hydrogen) atoms. The molecule has 2 nitrogen and oxygen atoms in total. The minimum atomic E-state index is 0.522. The first kappa shape index (κ1) is 17.0. The van der Waals surface area contributed by atoms with E-state index in [9.17, 15) is 0 Å². The first-order valence-corrected chi connectivity index (χ1v) is 8.46. The van der Waals surface area contributed by atoms with Gasteiger partial charge in [0.1, 0.15) is 0 Å². The molecule has 0 radical (unpaired) electrons. The van der Waals surface area contributed by atoms with Gasteiger partial charge in [0, 0.05) is 20.3 Å². The van der Waals surface area contributed by atoms with E-state index in [4.69, 9.17) is 4.74 Å². The van der Waals surface area contributed by atoms with Gasteiger partial charge in [-0.25, -0.2) is 0 Å². The van der Waals surface area contributed by atoms with E-state index in [1.54, 1.807) is 0 Å². The summed E-state index contributed by atoms with van der Waals surface area (Å²) in [5.41, 5.74) is 0.522. The van der Waals surface area contributed by atoms with E-state index in [0.29, 0.717) is 5.41 Å². The van der Waals surface area contributed by atoms with Crippen LogP contribution in [0.15, 0.2) is 0 Å². The molecule has 0 spiro atoms. The number of rotatable bonds is 10. The summed E-state index contributed by atoms with van der Waals surface area (Å²) in [4.78, 5) is 0. The number of hydrogen-bond acceptors (Lipinski definition) is 2. The number of hydrogen-bond donors (Lipinski definition) is 1. The molecule has 0 aromatic heterocycles. The van der Waals surface area contributed by atoms with Crippen molar-refractivity contribution in [3.05, 3.63) is 0 Å². The first-order valence-electron chi connectivity index (χ1n) is 8.46. The maximum atomic E-state index is 5.34. The van der Waals surface area contributed by atoms with Crippen LogP contribution in [0.25, 0.3) is 0 Å². The molecule has 1 N–H and O–H groups in total. The molecule has 0 aromatic carbocycles. The standard InChI is InChI=1S/C17H35NO/c1-4-6-7-16-8-10-17(11-9-16,12-14-19-3)15-18-13-5-2/h16,18H,4-15H2,1-3H3. The highest BCUT2D eigenvalue weighted by molar-refractivity contribution is 4.87. The van der Waals surface area contributed by atoms with Crippen molar-refractivity contribution in [1.82, 2.24) is 5.32 Å². The predicted molar refractivity (Wildman–Crippen MR) is 83.6 cm³/mol. The zero-order valence-corrected chi connectivity index (χ0v) is 13.5. The van der Waals surface area contributed by atoms with Crippen LogP contribution >= 0.6 is 0 Å². The maximum absolute atomic E-state index is 5.34. The molecule has 0 aromatic rings. The van der Waals surface area contributed by atoms with Gasteiger partial charge in [-0.05, 0) is 56.4 Å². The van der Waals surface area contributed by atoms with Gasteiger partial charge in [-0.2, -0.15) is 0 Å². The van der Waals surface area contributed by atoms with E-state index >= 15 is 0 Å². The Balaban J connectivity index is 2.39. The van der Waals surface area contributed by atoms with Crippen molar-refractivity contribution >= 4 is 0 Å². The van der Waals surface area contributed by atoms with Gasteiger partial charge in [0.2, 0.25) is 0 Å². The molecular formula is C17H35NO. The number of unbranched alkanes of at least 4 members (excludes halogenated alkanes) is 1. The molecule has 1 aliphatic carbocycles. The Morgan fingerprint density at radius 2 is 1.89 bits per heavy atom. The summed E-state index contributed by atoms with van der Waals surface area (Å²) in [6, 6.07) is 0. The van der Waals surface area contributed by atoms with E-state index < -0.39 is 0 Å². The molecular weight excluding hydrogens is 234 g/mol. The van der Waals surface area contributed by atoms with Gasteiger partial charge in [0.25, 0.3) is 0 Å². The molecule has 0 unspecified atom stereocenters. The Bertz CT molecular complexity index is 209. The zero-order valence-electron chi connectivity index (χ0n) is 13.5. The lowest BCUT2D eigenvalue weighted by Gasteiger charge is -2.40. The summed E-state index contributed by atoms with van der Waals surface area (Å²) >= 11 is 0. The van der Waals surface area contributed by atoms with E-state index in [1.807, 2.05) is 7.11 Å². The molecule has 0 atom stereocenters. The van der Waals surface area contributed by atoms with Gasteiger partial charge in [-0.1, -0.05) is 33.1 Å². The van der Waals surface area contributed by atoms with Crippen LogP contribution in [0.2, 0.25) is 0 Å². The second-order valence-corrected chi connectivity index (χ2v) is 6.51. The fraction of sp³-hybridized carbons (Fsp3) is 1.00. The average molecular weight is 269 g/mol. The lowest BCUT2D eigenvalue weighted by atomic mass is 9.67. The Morgan fingerprint density at radius 1 is 1.16 bits per heavy atom. The van der Waals surface area contributed by atoms with Crippen LogP contribution in [0.4, 0.5) is 0 Å². The highest BCUT2D eigenvalue weighted by atomic mass is 16.5. The van der Waals surface area contributed by atoms with Crippen molar-refractivity contribution in [2.75, 3.05) is 26.8 Å². The van der Waals surface area contributed by atoms with Crippen LogP contribution in [-0.4, -0.2) is 26.8 Å². The molecule has 1 saturated carbocycles. The SMILES string of the molecule is CCCCC1CCC(CCOC)(CNCCC)CC1. The first-order chi connectivity index (χ1) is 9.26. The Kier molecular flexibility index (Phi) is 8.72. The Labute approximate surface area is 120 Å². The number of methoxy groups -OCH3 is 1. The van der Waals surface area contributed by atoms with Crippen molar-refractivity contribution in [3.8, 4) is 0 Å². The van der Waals surface area contributed by atoms with Crippen molar-refractivity contribution in [2.45, 2.75) is 71.6 Å². The third-order valence-corrected chi connectivity index (χ3v) is 4.90. The largest absolute Gasteiger partial charge is 0.385 e. The third kappa shape index (κ3) is 6.27. The second-order valence-electron chi connectivity index (χ2n) is 6.51. The maximum Gasteiger partial charge on any atom is 0.0468 e. The van der Waals surface area contributed by atoms with Crippen molar-refractivity contribution in [3.63, 3.8) is 0 Å². The summed E-state index contributed by atoms with van der Waals surface area (Å²) in [7, 11) is 1.83. The van der Waals surface area contributed by atoms with E-state index in [1.165, 1.54) is 64.3 Å². The van der Waals surface area contributed by atoms with E-state index in [0.717, 1.165) is 19.1 Å². The average Bonchev–Trinajstić information content (AvgIpc) is 2.45. The molecule has 1 fully saturated rings. The molecule has 0 bridgehead atoms.